The number of amides is 2. The lowest BCUT2D eigenvalue weighted by Gasteiger charge is -2.21. The second-order valence-corrected chi connectivity index (χ2v) is 12.2. The van der Waals surface area contributed by atoms with Crippen molar-refractivity contribution < 1.29 is 38.6 Å². The van der Waals surface area contributed by atoms with Crippen molar-refractivity contribution in [2.24, 2.45) is 17.8 Å². The van der Waals surface area contributed by atoms with E-state index in [9.17, 15) is 24.0 Å². The summed E-state index contributed by atoms with van der Waals surface area (Å²) >= 11 is 0. The predicted molar refractivity (Wildman–Crippen MR) is 205 cm³/mol. The van der Waals surface area contributed by atoms with E-state index >= 15 is 0 Å². The van der Waals surface area contributed by atoms with Gasteiger partial charge in [0.05, 0.1) is 43.6 Å². The predicted octanol–water partition coefficient (Wildman–Crippen LogP) is 6.04. The number of anilines is 2. The maximum atomic E-state index is 13.6. The first-order chi connectivity index (χ1) is 25.9. The lowest BCUT2D eigenvalue weighted by molar-refractivity contribution is -0.143. The van der Waals surface area contributed by atoms with Crippen LogP contribution >= 0.6 is 0 Å². The molecule has 2 amide bonds. The SMILES string of the molecule is CC(=O)CCC(=O)O.CCCCCCOC(=O)/N=C(/N)c1ccc(NCc2nc3cc(C(=O)N(CCC(=O)OCC)c4ccccn4)ccc3n2C)cc1. The van der Waals surface area contributed by atoms with Gasteiger partial charge in [0.2, 0.25) is 0 Å². The average molecular weight is 744 g/mol. The summed E-state index contributed by atoms with van der Waals surface area (Å²) in [5.74, 6) is -0.373. The summed E-state index contributed by atoms with van der Waals surface area (Å²) in [6, 6.07) is 17.9. The van der Waals surface area contributed by atoms with Crippen molar-refractivity contribution in [2.45, 2.75) is 72.3 Å². The highest BCUT2D eigenvalue weighted by molar-refractivity contribution is 6.07. The van der Waals surface area contributed by atoms with Crippen LogP contribution in [-0.2, 0) is 37.4 Å². The lowest BCUT2D eigenvalue weighted by atomic mass is 10.1. The summed E-state index contributed by atoms with van der Waals surface area (Å²) in [7, 11) is 1.91. The number of aliphatic imine (C=N–C) groups is 1. The van der Waals surface area contributed by atoms with Crippen LogP contribution < -0.4 is 16.0 Å². The second kappa shape index (κ2) is 22.1. The third kappa shape index (κ3) is 13.8. The summed E-state index contributed by atoms with van der Waals surface area (Å²) in [6.45, 7) is 6.39. The Kier molecular flexibility index (Phi) is 17.3. The first kappa shape index (κ1) is 42.3. The van der Waals surface area contributed by atoms with Crippen LogP contribution in [0, 0.1) is 0 Å². The molecule has 288 valence electrons. The molecule has 0 bridgehead atoms. The number of fused-ring (bicyclic) bond motifs is 1. The molecular weight excluding hydrogens is 694 g/mol. The zero-order chi connectivity index (χ0) is 39.5. The van der Waals surface area contributed by atoms with Crippen molar-refractivity contribution in [1.29, 1.82) is 0 Å². The summed E-state index contributed by atoms with van der Waals surface area (Å²) in [4.78, 5) is 71.9. The van der Waals surface area contributed by atoms with E-state index < -0.39 is 12.1 Å². The van der Waals surface area contributed by atoms with Crippen molar-refractivity contribution >= 4 is 58.1 Å². The van der Waals surface area contributed by atoms with Gasteiger partial charge in [0.1, 0.15) is 23.3 Å². The third-order valence-corrected chi connectivity index (χ3v) is 7.99. The number of aromatic nitrogens is 3. The van der Waals surface area contributed by atoms with E-state index in [4.69, 9.17) is 25.3 Å². The van der Waals surface area contributed by atoms with Gasteiger partial charge in [-0.25, -0.2) is 14.8 Å². The zero-order valence-corrected chi connectivity index (χ0v) is 31.2. The van der Waals surface area contributed by atoms with Crippen LogP contribution in [0.25, 0.3) is 11.0 Å². The molecule has 0 aliphatic rings. The highest BCUT2D eigenvalue weighted by Crippen LogP contribution is 2.21. The Balaban J connectivity index is 0.000000879. The van der Waals surface area contributed by atoms with Gasteiger partial charge in [-0.05, 0) is 74.9 Å². The number of amidine groups is 1. The number of ether oxygens (including phenoxy) is 2. The van der Waals surface area contributed by atoms with E-state index in [0.29, 0.717) is 35.6 Å². The molecule has 2 aromatic carbocycles. The number of carboxylic acid groups (broad SMARTS) is 1. The number of nitrogens with one attached hydrogen (secondary N) is 1. The molecule has 0 saturated heterocycles. The number of pyridine rings is 1. The quantitative estimate of drug-likeness (QED) is 0.0461. The van der Waals surface area contributed by atoms with Crippen LogP contribution in [0.4, 0.5) is 16.3 Å². The Bertz CT molecular complexity index is 1880. The minimum atomic E-state index is -0.916. The lowest BCUT2D eigenvalue weighted by Crippen LogP contribution is -2.34. The monoisotopic (exact) mass is 743 g/mol. The van der Waals surface area contributed by atoms with Crippen molar-refractivity contribution in [1.82, 2.24) is 14.5 Å². The normalized spacial score (nSPS) is 10.9. The molecule has 2 aromatic heterocycles. The number of ketones is 1. The number of benzene rings is 2. The van der Waals surface area contributed by atoms with E-state index in [2.05, 4.69) is 22.2 Å². The number of aliphatic carboxylic acids is 1. The molecule has 0 aliphatic carbocycles. The standard InChI is InChI=1S/C34H41N7O5.C5H8O3/c1-4-6-7-10-21-46-34(44)39-32(35)24-12-15-26(16-13-24)37-23-30-38-27-22-25(14-17-28(27)40(30)3)33(43)41(20-18-31(42)45-5-2)29-11-8-9-19-36-29;1-4(6)2-3-5(7)8/h8-9,11-17,19,22,37H,4-7,10,18,20-21,23H2,1-3H3,(H2,35,39,44);2-3H2,1H3,(H,7,8). The number of esters is 1. The molecule has 2 heterocycles. The summed E-state index contributed by atoms with van der Waals surface area (Å²) in [5.41, 5.74) is 9.40. The number of Topliss-reactive ketones (excluding diaryl/α,β-unsaturated/α-hetero) is 1. The number of aryl methyl sites for hydroxylation is 1. The van der Waals surface area contributed by atoms with Crippen molar-refractivity contribution in [3.8, 4) is 0 Å². The van der Waals surface area contributed by atoms with Gasteiger partial charge in [-0.2, -0.15) is 4.99 Å². The Morgan fingerprint density at radius 3 is 2.30 bits per heavy atom. The number of nitrogens with two attached hydrogens (primary N) is 1. The fourth-order valence-corrected chi connectivity index (χ4v) is 5.07. The molecular formula is C39H49N7O8. The van der Waals surface area contributed by atoms with Gasteiger partial charge in [0.25, 0.3) is 5.91 Å². The van der Waals surface area contributed by atoms with E-state index in [1.165, 1.54) is 11.8 Å². The number of carboxylic acids is 1. The number of carbonyl (C=O) groups excluding carboxylic acids is 4. The Morgan fingerprint density at radius 2 is 1.67 bits per heavy atom. The molecule has 0 saturated carbocycles. The number of rotatable bonds is 18. The van der Waals surface area contributed by atoms with E-state index in [0.717, 1.165) is 42.7 Å². The van der Waals surface area contributed by atoms with Gasteiger partial charge in [-0.15, -0.1) is 0 Å². The minimum absolute atomic E-state index is 0.0455. The van der Waals surface area contributed by atoms with Crippen LogP contribution in [0.2, 0.25) is 0 Å². The Hall–Kier alpha value is -6.12. The topological polar surface area (TPSA) is 208 Å². The van der Waals surface area contributed by atoms with Crippen molar-refractivity contribution in [2.75, 3.05) is 30.0 Å². The highest BCUT2D eigenvalue weighted by Gasteiger charge is 2.21. The second-order valence-electron chi connectivity index (χ2n) is 12.2. The van der Waals surface area contributed by atoms with Crippen LogP contribution in [0.5, 0.6) is 0 Å². The number of imidazole rings is 1. The van der Waals surface area contributed by atoms with E-state index in [1.54, 1.807) is 55.6 Å². The maximum absolute atomic E-state index is 13.6. The number of hydrogen-bond donors (Lipinski definition) is 3. The van der Waals surface area contributed by atoms with Crippen molar-refractivity contribution in [3.63, 3.8) is 0 Å². The van der Waals surface area contributed by atoms with Crippen LogP contribution in [0.1, 0.15) is 87.5 Å². The Labute approximate surface area is 314 Å². The van der Waals surface area contributed by atoms with E-state index in [-0.39, 0.29) is 55.9 Å². The molecule has 0 unspecified atom stereocenters. The highest BCUT2D eigenvalue weighted by atomic mass is 16.5. The van der Waals surface area contributed by atoms with Crippen LogP contribution in [0.15, 0.2) is 71.9 Å². The number of carbonyl (C=O) groups is 5. The molecule has 0 spiro atoms. The smallest absolute Gasteiger partial charge is 0.435 e. The third-order valence-electron chi connectivity index (χ3n) is 7.99. The fraction of sp³-hybridized carbons (Fsp3) is 0.385. The van der Waals surface area contributed by atoms with E-state index in [1.807, 2.05) is 29.8 Å². The largest absolute Gasteiger partial charge is 0.481 e. The molecule has 4 rings (SSSR count). The number of hydrogen-bond acceptors (Lipinski definition) is 10. The van der Waals surface area contributed by atoms with Gasteiger partial charge in [0.15, 0.2) is 0 Å². The Morgan fingerprint density at radius 1 is 0.926 bits per heavy atom. The van der Waals surface area contributed by atoms with Crippen LogP contribution in [-0.4, -0.2) is 75.0 Å². The van der Waals surface area contributed by atoms with Crippen LogP contribution in [0.3, 0.4) is 0 Å². The average Bonchev–Trinajstić information content (AvgIpc) is 3.48. The molecule has 54 heavy (non-hydrogen) atoms. The summed E-state index contributed by atoms with van der Waals surface area (Å²) < 4.78 is 12.1. The van der Waals surface area contributed by atoms with Gasteiger partial charge < -0.3 is 35.0 Å². The summed E-state index contributed by atoms with van der Waals surface area (Å²) in [6.07, 6.45) is 5.10. The molecule has 15 nitrogen and oxygen atoms in total. The molecule has 4 N–H and O–H groups in total. The minimum Gasteiger partial charge on any atom is -0.481 e. The van der Waals surface area contributed by atoms with Gasteiger partial charge in [-0.3, -0.25) is 19.3 Å². The molecule has 0 aliphatic heterocycles. The fourth-order valence-electron chi connectivity index (χ4n) is 5.07. The molecule has 0 fully saturated rings. The number of unbranched alkanes of at least 4 members (excludes halogenated alkanes) is 3. The van der Waals surface area contributed by atoms with Gasteiger partial charge >= 0.3 is 18.0 Å². The van der Waals surface area contributed by atoms with Crippen molar-refractivity contribution in [3.05, 3.63) is 83.8 Å². The maximum Gasteiger partial charge on any atom is 0.435 e. The first-order valence-electron chi connectivity index (χ1n) is 17.8. The first-order valence-corrected chi connectivity index (χ1v) is 17.8. The molecule has 4 aromatic rings. The van der Waals surface area contributed by atoms with Gasteiger partial charge in [0, 0.05) is 43.0 Å². The molecule has 0 atom stereocenters. The molecule has 15 heteroatoms. The number of nitrogens with zero attached hydrogens (tertiary/aromatic N) is 5. The molecule has 0 radical (unpaired) electrons. The zero-order valence-electron chi connectivity index (χ0n) is 31.2. The summed E-state index contributed by atoms with van der Waals surface area (Å²) in [5, 5.41) is 11.4. The van der Waals surface area contributed by atoms with Gasteiger partial charge in [-0.1, -0.05) is 32.3 Å².